The molecular formula is C10H21NOS. The Kier molecular flexibility index (Phi) is 3.18. The first-order valence-corrected chi connectivity index (χ1v) is 6.30. The van der Waals surface area contributed by atoms with Crippen molar-refractivity contribution in [2.45, 2.75) is 44.8 Å². The number of rotatable bonds is 4. The van der Waals surface area contributed by atoms with Gasteiger partial charge in [-0.05, 0) is 52.0 Å². The van der Waals surface area contributed by atoms with Gasteiger partial charge >= 0.3 is 0 Å². The fraction of sp³-hybridized carbons (Fsp3) is 1.00. The van der Waals surface area contributed by atoms with E-state index in [1.54, 1.807) is 0 Å². The summed E-state index contributed by atoms with van der Waals surface area (Å²) in [5, 5.41) is 0. The van der Waals surface area contributed by atoms with Crippen molar-refractivity contribution in [3.63, 3.8) is 0 Å². The molecule has 0 saturated heterocycles. The maximum Gasteiger partial charge on any atom is 0.0375 e. The average molecular weight is 203 g/mol. The van der Waals surface area contributed by atoms with Gasteiger partial charge in [0.2, 0.25) is 0 Å². The molecule has 1 unspecified atom stereocenters. The maximum atomic E-state index is 11.9. The summed E-state index contributed by atoms with van der Waals surface area (Å²) in [5.74, 6) is 0.855. The van der Waals surface area contributed by atoms with Crippen molar-refractivity contribution in [1.82, 2.24) is 0 Å². The van der Waals surface area contributed by atoms with E-state index in [0.29, 0.717) is 5.41 Å². The molecule has 1 atom stereocenters. The van der Waals surface area contributed by atoms with Crippen LogP contribution < -0.4 is 5.73 Å². The third kappa shape index (κ3) is 3.06. The molecular weight excluding hydrogens is 182 g/mol. The lowest BCUT2D eigenvalue weighted by Crippen LogP contribution is -2.29. The van der Waals surface area contributed by atoms with Crippen molar-refractivity contribution in [2.75, 3.05) is 12.3 Å². The van der Waals surface area contributed by atoms with Crippen molar-refractivity contribution in [3.8, 4) is 0 Å². The van der Waals surface area contributed by atoms with E-state index >= 15 is 0 Å². The standard InChI is InChI=1S/C10H21NOS/c1-9(2,3)13(12)8-10(4-5-10)6-7-11/h4-8,11H2,1-3H3. The predicted octanol–water partition coefficient (Wildman–Crippen LogP) is 1.66. The summed E-state index contributed by atoms with van der Waals surface area (Å²) in [4.78, 5) is 0. The molecule has 0 heterocycles. The molecule has 0 aliphatic heterocycles. The SMILES string of the molecule is CC(C)(C)S(=O)CC1(CCN)CC1. The Morgan fingerprint density at radius 2 is 1.92 bits per heavy atom. The van der Waals surface area contributed by atoms with Gasteiger partial charge in [-0.1, -0.05) is 0 Å². The summed E-state index contributed by atoms with van der Waals surface area (Å²) in [6, 6.07) is 0. The molecule has 1 aliphatic carbocycles. The third-order valence-corrected chi connectivity index (χ3v) is 4.99. The van der Waals surface area contributed by atoms with Gasteiger partial charge in [-0.15, -0.1) is 0 Å². The molecule has 0 bridgehead atoms. The quantitative estimate of drug-likeness (QED) is 0.755. The van der Waals surface area contributed by atoms with Crippen LogP contribution in [0.3, 0.4) is 0 Å². The van der Waals surface area contributed by atoms with Gasteiger partial charge < -0.3 is 5.73 Å². The molecule has 0 amide bonds. The minimum atomic E-state index is -0.701. The fourth-order valence-corrected chi connectivity index (χ4v) is 2.87. The van der Waals surface area contributed by atoms with Crippen LogP contribution in [0.5, 0.6) is 0 Å². The Morgan fingerprint density at radius 1 is 1.38 bits per heavy atom. The summed E-state index contributed by atoms with van der Waals surface area (Å²) in [6.07, 6.45) is 3.51. The molecule has 1 saturated carbocycles. The van der Waals surface area contributed by atoms with Crippen LogP contribution in [-0.2, 0) is 10.8 Å². The van der Waals surface area contributed by atoms with Crippen molar-refractivity contribution >= 4 is 10.8 Å². The van der Waals surface area contributed by atoms with Gasteiger partial charge in [0.1, 0.15) is 0 Å². The van der Waals surface area contributed by atoms with Crippen molar-refractivity contribution in [2.24, 2.45) is 11.1 Å². The Labute approximate surface area is 83.7 Å². The van der Waals surface area contributed by atoms with Crippen LogP contribution in [-0.4, -0.2) is 21.3 Å². The van der Waals surface area contributed by atoms with Crippen LogP contribution in [0.4, 0.5) is 0 Å². The molecule has 1 fully saturated rings. The molecule has 13 heavy (non-hydrogen) atoms. The first kappa shape index (κ1) is 11.2. The number of hydrogen-bond acceptors (Lipinski definition) is 2. The zero-order valence-corrected chi connectivity index (χ0v) is 9.75. The molecule has 3 heteroatoms. The molecule has 0 aromatic rings. The monoisotopic (exact) mass is 203 g/mol. The Balaban J connectivity index is 2.45. The lowest BCUT2D eigenvalue weighted by atomic mass is 10.1. The Hall–Kier alpha value is 0.110. The molecule has 0 aromatic carbocycles. The van der Waals surface area contributed by atoms with E-state index in [2.05, 4.69) is 0 Å². The molecule has 78 valence electrons. The topological polar surface area (TPSA) is 43.1 Å². The van der Waals surface area contributed by atoms with Gasteiger partial charge in [-0.25, -0.2) is 0 Å². The predicted molar refractivity (Wildman–Crippen MR) is 58.1 cm³/mol. The molecule has 0 aromatic heterocycles. The highest BCUT2D eigenvalue weighted by Gasteiger charge is 2.44. The number of nitrogens with two attached hydrogens (primary N) is 1. The lowest BCUT2D eigenvalue weighted by Gasteiger charge is -2.22. The van der Waals surface area contributed by atoms with E-state index in [4.69, 9.17) is 5.73 Å². The van der Waals surface area contributed by atoms with E-state index in [1.165, 1.54) is 12.8 Å². The van der Waals surface area contributed by atoms with E-state index in [0.717, 1.165) is 18.7 Å². The zero-order valence-electron chi connectivity index (χ0n) is 8.93. The molecule has 1 aliphatic rings. The average Bonchev–Trinajstić information content (AvgIpc) is 2.67. The second-order valence-electron chi connectivity index (χ2n) is 5.14. The van der Waals surface area contributed by atoms with Crippen LogP contribution >= 0.6 is 0 Å². The third-order valence-electron chi connectivity index (χ3n) is 2.75. The highest BCUT2D eigenvalue weighted by Crippen LogP contribution is 2.49. The molecule has 2 nitrogen and oxygen atoms in total. The second-order valence-corrected chi connectivity index (χ2v) is 7.35. The lowest BCUT2D eigenvalue weighted by molar-refractivity contribution is 0.523. The van der Waals surface area contributed by atoms with Gasteiger partial charge in [0, 0.05) is 21.3 Å². The maximum absolute atomic E-state index is 11.9. The van der Waals surface area contributed by atoms with Gasteiger partial charge in [-0.2, -0.15) is 0 Å². The van der Waals surface area contributed by atoms with Crippen LogP contribution in [0.15, 0.2) is 0 Å². The smallest absolute Gasteiger partial charge is 0.0375 e. The van der Waals surface area contributed by atoms with E-state index < -0.39 is 10.8 Å². The first-order chi connectivity index (χ1) is 5.90. The fourth-order valence-electron chi connectivity index (χ4n) is 1.44. The summed E-state index contributed by atoms with van der Waals surface area (Å²) in [5.41, 5.74) is 5.89. The summed E-state index contributed by atoms with van der Waals surface area (Å²) in [7, 11) is -0.701. The van der Waals surface area contributed by atoms with Crippen molar-refractivity contribution < 1.29 is 4.21 Å². The van der Waals surface area contributed by atoms with Crippen LogP contribution in [0, 0.1) is 5.41 Å². The van der Waals surface area contributed by atoms with Gasteiger partial charge in [0.05, 0.1) is 0 Å². The van der Waals surface area contributed by atoms with Crippen LogP contribution in [0.25, 0.3) is 0 Å². The van der Waals surface area contributed by atoms with E-state index in [9.17, 15) is 4.21 Å². The Morgan fingerprint density at radius 3 is 2.23 bits per heavy atom. The highest BCUT2D eigenvalue weighted by atomic mass is 32.2. The van der Waals surface area contributed by atoms with E-state index in [-0.39, 0.29) is 4.75 Å². The Bertz CT molecular complexity index is 203. The van der Waals surface area contributed by atoms with Crippen LogP contribution in [0.1, 0.15) is 40.0 Å². The van der Waals surface area contributed by atoms with Gasteiger partial charge in [0.15, 0.2) is 0 Å². The first-order valence-electron chi connectivity index (χ1n) is 4.98. The molecule has 0 spiro atoms. The summed E-state index contributed by atoms with van der Waals surface area (Å²) >= 11 is 0. The highest BCUT2D eigenvalue weighted by molar-refractivity contribution is 7.86. The minimum Gasteiger partial charge on any atom is -0.330 e. The molecule has 0 radical (unpaired) electrons. The van der Waals surface area contributed by atoms with Gasteiger partial charge in [0.25, 0.3) is 0 Å². The second kappa shape index (κ2) is 3.70. The zero-order chi connectivity index (χ0) is 10.1. The van der Waals surface area contributed by atoms with Crippen LogP contribution in [0.2, 0.25) is 0 Å². The number of hydrogen-bond donors (Lipinski definition) is 1. The minimum absolute atomic E-state index is 0.0653. The van der Waals surface area contributed by atoms with Gasteiger partial charge in [-0.3, -0.25) is 4.21 Å². The van der Waals surface area contributed by atoms with Crippen molar-refractivity contribution in [3.05, 3.63) is 0 Å². The van der Waals surface area contributed by atoms with Crippen molar-refractivity contribution in [1.29, 1.82) is 0 Å². The molecule has 1 rings (SSSR count). The summed E-state index contributed by atoms with van der Waals surface area (Å²) < 4.78 is 11.8. The van der Waals surface area contributed by atoms with E-state index in [1.807, 2.05) is 20.8 Å². The normalized spacial score (nSPS) is 22.8. The largest absolute Gasteiger partial charge is 0.330 e. The molecule has 2 N–H and O–H groups in total. The summed E-state index contributed by atoms with van der Waals surface area (Å²) in [6.45, 7) is 6.87.